The number of carbonyl (C=O) groups excluding carboxylic acids is 2. The highest BCUT2D eigenvalue weighted by Crippen LogP contribution is 2.34. The van der Waals surface area contributed by atoms with Crippen LogP contribution in [0.15, 0.2) is 60.7 Å². The summed E-state index contributed by atoms with van der Waals surface area (Å²) >= 11 is 0. The number of nitrogens with zero attached hydrogens (tertiary/aromatic N) is 4. The lowest BCUT2D eigenvalue weighted by Crippen LogP contribution is -2.10. The average molecular weight is 466 g/mol. The molecular weight excluding hydrogens is 456 g/mol. The van der Waals surface area contributed by atoms with E-state index < -0.39 is 65.1 Å². The number of hydrogen-bond acceptors (Lipinski definition) is 10. The van der Waals surface area contributed by atoms with Gasteiger partial charge in [0.05, 0.1) is 19.7 Å². The average Bonchev–Trinajstić information content (AvgIpc) is 2.81. The highest BCUT2D eigenvalue weighted by molar-refractivity contribution is 6.16. The molecule has 0 atom stereocenters. The molecule has 0 aliphatic rings. The lowest BCUT2D eigenvalue weighted by Gasteiger charge is -2.06. The van der Waals surface area contributed by atoms with Crippen molar-refractivity contribution in [2.24, 2.45) is 0 Å². The fraction of sp³-hybridized carbons (Fsp3) is 0. The Balaban J connectivity index is 2.12. The fourth-order valence-corrected chi connectivity index (χ4v) is 3.22. The van der Waals surface area contributed by atoms with E-state index in [1.165, 1.54) is 18.2 Å². The van der Waals surface area contributed by atoms with Crippen LogP contribution in [0.4, 0.5) is 22.7 Å². The van der Waals surface area contributed by atoms with Crippen molar-refractivity contribution >= 4 is 34.3 Å². The molecule has 0 fully saturated rings. The highest BCUT2D eigenvalue weighted by Gasteiger charge is 2.34. The van der Waals surface area contributed by atoms with Crippen LogP contribution in [0.1, 0.15) is 31.8 Å². The van der Waals surface area contributed by atoms with Crippen molar-refractivity contribution in [1.29, 1.82) is 0 Å². The molecule has 0 aliphatic carbocycles. The van der Waals surface area contributed by atoms with Gasteiger partial charge in [-0.1, -0.05) is 30.3 Å². The maximum absolute atomic E-state index is 12.9. The van der Waals surface area contributed by atoms with E-state index in [-0.39, 0.29) is 11.1 Å². The standard InChI is InChI=1S/C20H10N4O10/c25-19(13-6-2-8-15(21(27)28)17(13)23(31)32)11-4-1-5-12(10-11)20(26)14-7-3-9-16(22(29)30)18(14)24(33)34/h1-10H. The molecule has 0 unspecified atom stereocenters. The monoisotopic (exact) mass is 466 g/mol. The summed E-state index contributed by atoms with van der Waals surface area (Å²) in [4.78, 5) is 66.8. The van der Waals surface area contributed by atoms with Crippen LogP contribution in [0, 0.1) is 40.5 Å². The molecule has 14 nitrogen and oxygen atoms in total. The normalized spacial score (nSPS) is 10.4. The van der Waals surface area contributed by atoms with Crippen molar-refractivity contribution in [2.75, 3.05) is 0 Å². The summed E-state index contributed by atoms with van der Waals surface area (Å²) in [5.74, 6) is -2.03. The predicted molar refractivity (Wildman–Crippen MR) is 113 cm³/mol. The Kier molecular flexibility index (Phi) is 6.15. The van der Waals surface area contributed by atoms with Crippen LogP contribution in [0.25, 0.3) is 0 Å². The number of nitro benzene ring substituents is 4. The number of benzene rings is 3. The van der Waals surface area contributed by atoms with Crippen molar-refractivity contribution in [3.63, 3.8) is 0 Å². The van der Waals surface area contributed by atoms with Crippen LogP contribution >= 0.6 is 0 Å². The predicted octanol–water partition coefficient (Wildman–Crippen LogP) is 3.78. The molecule has 0 saturated carbocycles. The maximum atomic E-state index is 12.9. The topological polar surface area (TPSA) is 207 Å². The summed E-state index contributed by atoms with van der Waals surface area (Å²) in [5, 5.41) is 45.1. The van der Waals surface area contributed by atoms with E-state index in [0.29, 0.717) is 0 Å². The molecule has 0 spiro atoms. The summed E-state index contributed by atoms with van der Waals surface area (Å²) in [6.07, 6.45) is 0. The maximum Gasteiger partial charge on any atom is 0.357 e. The fourth-order valence-electron chi connectivity index (χ4n) is 3.22. The Hall–Kier alpha value is -5.40. The first-order valence-corrected chi connectivity index (χ1v) is 9.07. The first kappa shape index (κ1) is 23.3. The molecule has 0 bridgehead atoms. The van der Waals surface area contributed by atoms with Gasteiger partial charge in [-0.2, -0.15) is 0 Å². The van der Waals surface area contributed by atoms with Crippen LogP contribution in [-0.4, -0.2) is 31.3 Å². The second-order valence-electron chi connectivity index (χ2n) is 6.61. The Morgan fingerprint density at radius 2 is 0.882 bits per heavy atom. The van der Waals surface area contributed by atoms with Gasteiger partial charge in [0.15, 0.2) is 11.6 Å². The van der Waals surface area contributed by atoms with E-state index in [1.807, 2.05) is 0 Å². The van der Waals surface area contributed by atoms with Gasteiger partial charge in [-0.25, -0.2) is 0 Å². The second kappa shape index (κ2) is 8.99. The minimum absolute atomic E-state index is 0.275. The summed E-state index contributed by atoms with van der Waals surface area (Å²) in [5.41, 5.74) is -5.65. The van der Waals surface area contributed by atoms with Crippen LogP contribution in [0.5, 0.6) is 0 Å². The van der Waals surface area contributed by atoms with Gasteiger partial charge in [0, 0.05) is 23.3 Å². The van der Waals surface area contributed by atoms with E-state index in [1.54, 1.807) is 0 Å². The first-order chi connectivity index (χ1) is 16.0. The second-order valence-corrected chi connectivity index (χ2v) is 6.61. The summed E-state index contributed by atoms with van der Waals surface area (Å²) < 4.78 is 0. The van der Waals surface area contributed by atoms with Gasteiger partial charge in [0.2, 0.25) is 0 Å². The van der Waals surface area contributed by atoms with Gasteiger partial charge in [0.25, 0.3) is 0 Å². The zero-order valence-electron chi connectivity index (χ0n) is 16.6. The van der Waals surface area contributed by atoms with Gasteiger partial charge in [-0.05, 0) is 18.2 Å². The quantitative estimate of drug-likeness (QED) is 0.266. The van der Waals surface area contributed by atoms with Crippen LogP contribution < -0.4 is 0 Å². The number of hydrogen-bond donors (Lipinski definition) is 0. The van der Waals surface area contributed by atoms with Gasteiger partial charge >= 0.3 is 22.7 Å². The van der Waals surface area contributed by atoms with Crippen molar-refractivity contribution in [3.05, 3.63) is 123 Å². The molecule has 0 heterocycles. The molecule has 3 aromatic rings. The molecular formula is C20H10N4O10. The summed E-state index contributed by atoms with van der Waals surface area (Å²) in [6.45, 7) is 0. The Morgan fingerprint density at radius 1 is 0.529 bits per heavy atom. The minimum atomic E-state index is -1.08. The SMILES string of the molecule is O=C(c1cccc(C(=O)c2cccc([N+](=O)[O-])c2[N+](=O)[O-])c1)c1cccc([N+](=O)[O-])c1[N+](=O)[O-]. The van der Waals surface area contributed by atoms with Gasteiger partial charge < -0.3 is 0 Å². The number of carbonyl (C=O) groups is 2. The molecule has 3 aromatic carbocycles. The summed E-state index contributed by atoms with van der Waals surface area (Å²) in [6, 6.07) is 10.5. The molecule has 0 saturated heterocycles. The van der Waals surface area contributed by atoms with Crippen LogP contribution in [0.3, 0.4) is 0 Å². The van der Waals surface area contributed by atoms with Gasteiger partial charge in [0.1, 0.15) is 11.1 Å². The van der Waals surface area contributed by atoms with E-state index in [9.17, 15) is 50.0 Å². The lowest BCUT2D eigenvalue weighted by atomic mass is 9.95. The third kappa shape index (κ3) is 4.18. The Bertz CT molecular complexity index is 1310. The number of nitro groups is 4. The van der Waals surface area contributed by atoms with Crippen molar-refractivity contribution in [2.45, 2.75) is 0 Å². The van der Waals surface area contributed by atoms with Crippen LogP contribution in [-0.2, 0) is 0 Å². The summed E-state index contributed by atoms with van der Waals surface area (Å²) in [7, 11) is 0. The number of ketones is 2. The number of rotatable bonds is 8. The van der Waals surface area contributed by atoms with E-state index >= 15 is 0 Å². The van der Waals surface area contributed by atoms with E-state index in [4.69, 9.17) is 0 Å². The minimum Gasteiger partial charge on any atom is -0.288 e. The molecule has 0 radical (unpaired) electrons. The molecule has 170 valence electrons. The van der Waals surface area contributed by atoms with Gasteiger partial charge in [-0.15, -0.1) is 0 Å². The van der Waals surface area contributed by atoms with Crippen molar-refractivity contribution in [1.82, 2.24) is 0 Å². The lowest BCUT2D eigenvalue weighted by molar-refractivity contribution is -0.422. The third-order valence-corrected chi connectivity index (χ3v) is 4.66. The highest BCUT2D eigenvalue weighted by atomic mass is 16.6. The molecule has 0 amide bonds. The van der Waals surface area contributed by atoms with Gasteiger partial charge in [-0.3, -0.25) is 50.0 Å². The molecule has 14 heteroatoms. The molecule has 0 aromatic heterocycles. The number of para-hydroxylation sites is 2. The molecule has 34 heavy (non-hydrogen) atoms. The van der Waals surface area contributed by atoms with E-state index in [2.05, 4.69) is 0 Å². The largest absolute Gasteiger partial charge is 0.357 e. The van der Waals surface area contributed by atoms with Crippen molar-refractivity contribution in [3.8, 4) is 0 Å². The Morgan fingerprint density at radius 3 is 1.21 bits per heavy atom. The smallest absolute Gasteiger partial charge is 0.288 e. The van der Waals surface area contributed by atoms with Crippen LogP contribution in [0.2, 0.25) is 0 Å². The third-order valence-electron chi connectivity index (χ3n) is 4.66. The molecule has 0 aliphatic heterocycles. The molecule has 3 rings (SSSR count). The first-order valence-electron chi connectivity index (χ1n) is 9.07. The van der Waals surface area contributed by atoms with Crippen molar-refractivity contribution < 1.29 is 29.3 Å². The Labute approximate surface area is 187 Å². The zero-order valence-corrected chi connectivity index (χ0v) is 16.6. The zero-order chi connectivity index (χ0) is 25.2. The van der Waals surface area contributed by atoms with E-state index in [0.717, 1.165) is 42.5 Å². The molecule has 0 N–H and O–H groups in total.